The van der Waals surface area contributed by atoms with Gasteiger partial charge >= 0.3 is 0 Å². The predicted octanol–water partition coefficient (Wildman–Crippen LogP) is 2.26. The van der Waals surface area contributed by atoms with E-state index >= 15 is 0 Å². The number of hydrogen-bond acceptors (Lipinski definition) is 5. The lowest BCUT2D eigenvalue weighted by atomic mass is 9.54. The van der Waals surface area contributed by atoms with E-state index in [4.69, 9.17) is 10.5 Å². The van der Waals surface area contributed by atoms with Crippen LogP contribution in [0.4, 0.5) is 5.82 Å². The van der Waals surface area contributed by atoms with Gasteiger partial charge in [-0.05, 0) is 26.2 Å². The number of amides is 1. The first kappa shape index (κ1) is 16.2. The number of carbonyl (C=O) groups is 1. The topological polar surface area (TPSA) is 81.3 Å². The van der Waals surface area contributed by atoms with E-state index in [9.17, 15) is 4.79 Å². The Kier molecular flexibility index (Phi) is 4.53. The van der Waals surface area contributed by atoms with Gasteiger partial charge in [0, 0.05) is 37.5 Å². The van der Waals surface area contributed by atoms with Crippen LogP contribution in [0.15, 0.2) is 12.4 Å². The first-order valence-electron chi connectivity index (χ1n) is 8.55. The van der Waals surface area contributed by atoms with Gasteiger partial charge < -0.3 is 15.4 Å². The van der Waals surface area contributed by atoms with E-state index in [1.165, 1.54) is 31.7 Å². The van der Waals surface area contributed by atoms with E-state index in [2.05, 4.69) is 9.97 Å². The number of nitrogens with zero attached hydrogens (tertiary/aromatic N) is 3. The van der Waals surface area contributed by atoms with Crippen molar-refractivity contribution >= 4 is 11.7 Å². The van der Waals surface area contributed by atoms with Crippen molar-refractivity contribution < 1.29 is 9.53 Å². The molecule has 2 aliphatic rings. The van der Waals surface area contributed by atoms with E-state index < -0.39 is 0 Å². The third kappa shape index (κ3) is 2.69. The number of hydrogen-bond donors (Lipinski definition) is 1. The van der Waals surface area contributed by atoms with Crippen LogP contribution in [-0.4, -0.2) is 46.6 Å². The number of nitrogen functional groups attached to an aromatic ring is 1. The minimum Gasteiger partial charge on any atom is -0.382 e. The molecule has 23 heavy (non-hydrogen) atoms. The summed E-state index contributed by atoms with van der Waals surface area (Å²) in [5.41, 5.74) is 6.18. The molecule has 3 rings (SSSR count). The Balaban J connectivity index is 1.80. The molecule has 1 heterocycles. The largest absolute Gasteiger partial charge is 0.382 e. The molecule has 2 fully saturated rings. The molecule has 2 aliphatic carbocycles. The maximum absolute atomic E-state index is 12.8. The third-order valence-corrected chi connectivity index (χ3v) is 5.61. The molecule has 1 amide bonds. The fourth-order valence-electron chi connectivity index (χ4n) is 4.39. The molecule has 1 spiro atoms. The zero-order valence-electron chi connectivity index (χ0n) is 14.0. The molecule has 6 heteroatoms. The van der Waals surface area contributed by atoms with Crippen molar-refractivity contribution in [2.45, 2.75) is 57.6 Å². The molecular weight excluding hydrogens is 292 g/mol. The smallest absolute Gasteiger partial charge is 0.276 e. The number of aromatic nitrogens is 2. The van der Waals surface area contributed by atoms with Crippen molar-refractivity contribution in [3.63, 3.8) is 0 Å². The molecule has 0 aromatic carbocycles. The van der Waals surface area contributed by atoms with Crippen LogP contribution < -0.4 is 5.73 Å². The molecule has 0 bridgehead atoms. The van der Waals surface area contributed by atoms with Crippen molar-refractivity contribution in [2.24, 2.45) is 5.41 Å². The maximum Gasteiger partial charge on any atom is 0.276 e. The summed E-state index contributed by atoms with van der Waals surface area (Å²) in [6.07, 6.45) is 10.2. The standard InChI is InChI=1S/C17H26N4O2/c1-3-23-13-11-12(17(13)7-5-4-6-8-17)21(2)16(22)14-15(18)20-10-9-19-14/h9-10,12-13H,3-8,11H2,1-2H3,(H2,18,20)/t12-,13+/m1/s1. The van der Waals surface area contributed by atoms with E-state index in [1.807, 2.05) is 18.9 Å². The number of ether oxygens (including phenoxy) is 1. The quantitative estimate of drug-likeness (QED) is 0.921. The molecule has 2 N–H and O–H groups in total. The molecule has 0 saturated heterocycles. The van der Waals surface area contributed by atoms with Crippen LogP contribution in [0, 0.1) is 5.41 Å². The van der Waals surface area contributed by atoms with Gasteiger partial charge in [0.2, 0.25) is 0 Å². The monoisotopic (exact) mass is 318 g/mol. The fraction of sp³-hybridized carbons (Fsp3) is 0.706. The van der Waals surface area contributed by atoms with Gasteiger partial charge in [-0.15, -0.1) is 0 Å². The molecule has 1 aromatic rings. The predicted molar refractivity (Wildman–Crippen MR) is 87.9 cm³/mol. The second-order valence-corrected chi connectivity index (χ2v) is 6.70. The van der Waals surface area contributed by atoms with Crippen molar-refractivity contribution in [3.8, 4) is 0 Å². The third-order valence-electron chi connectivity index (χ3n) is 5.61. The molecule has 0 aliphatic heterocycles. The van der Waals surface area contributed by atoms with Gasteiger partial charge in [0.25, 0.3) is 5.91 Å². The van der Waals surface area contributed by atoms with Crippen LogP contribution in [-0.2, 0) is 4.74 Å². The van der Waals surface area contributed by atoms with Crippen molar-refractivity contribution in [2.75, 3.05) is 19.4 Å². The van der Waals surface area contributed by atoms with Crippen LogP contribution >= 0.6 is 0 Å². The number of carbonyl (C=O) groups excluding carboxylic acids is 1. The lowest BCUT2D eigenvalue weighted by Gasteiger charge is -2.60. The van der Waals surface area contributed by atoms with E-state index in [1.54, 1.807) is 0 Å². The van der Waals surface area contributed by atoms with E-state index in [0.717, 1.165) is 25.9 Å². The SMILES string of the molecule is CCO[C@H]1C[C@@H](N(C)C(=O)c2nccnc2N)C12CCCCC2. The average Bonchev–Trinajstić information content (AvgIpc) is 2.58. The second-order valence-electron chi connectivity index (χ2n) is 6.70. The normalized spacial score (nSPS) is 25.8. The van der Waals surface area contributed by atoms with Gasteiger partial charge in [-0.3, -0.25) is 4.79 Å². The van der Waals surface area contributed by atoms with Crippen LogP contribution in [0.3, 0.4) is 0 Å². The summed E-state index contributed by atoms with van der Waals surface area (Å²) in [5, 5.41) is 0. The van der Waals surface area contributed by atoms with Crippen LogP contribution in [0.1, 0.15) is 55.9 Å². The van der Waals surface area contributed by atoms with Gasteiger partial charge in [-0.1, -0.05) is 19.3 Å². The molecule has 0 radical (unpaired) electrons. The maximum atomic E-state index is 12.8. The minimum absolute atomic E-state index is 0.107. The summed E-state index contributed by atoms with van der Waals surface area (Å²) in [5.74, 6) is 0.0585. The summed E-state index contributed by atoms with van der Waals surface area (Å²) >= 11 is 0. The van der Waals surface area contributed by atoms with Gasteiger partial charge in [-0.25, -0.2) is 9.97 Å². The first-order valence-corrected chi connectivity index (χ1v) is 8.55. The highest BCUT2D eigenvalue weighted by Crippen LogP contribution is 2.55. The van der Waals surface area contributed by atoms with Crippen LogP contribution in [0.2, 0.25) is 0 Å². The molecule has 2 saturated carbocycles. The molecule has 2 atom stereocenters. The van der Waals surface area contributed by atoms with Crippen LogP contribution in [0.5, 0.6) is 0 Å². The number of nitrogens with two attached hydrogens (primary N) is 1. The van der Waals surface area contributed by atoms with Gasteiger partial charge in [0.05, 0.1) is 6.10 Å². The van der Waals surface area contributed by atoms with Crippen molar-refractivity contribution in [1.29, 1.82) is 0 Å². The zero-order valence-corrected chi connectivity index (χ0v) is 14.0. The number of anilines is 1. The Morgan fingerprint density at radius 2 is 2.04 bits per heavy atom. The Hall–Kier alpha value is -1.69. The highest BCUT2D eigenvalue weighted by molar-refractivity contribution is 5.96. The Labute approximate surface area is 137 Å². The first-order chi connectivity index (χ1) is 11.1. The number of rotatable bonds is 4. The molecule has 0 unspecified atom stereocenters. The molecule has 1 aromatic heterocycles. The summed E-state index contributed by atoms with van der Waals surface area (Å²) in [4.78, 5) is 22.7. The van der Waals surface area contributed by atoms with E-state index in [0.29, 0.717) is 0 Å². The Morgan fingerprint density at radius 1 is 1.35 bits per heavy atom. The Morgan fingerprint density at radius 3 is 2.70 bits per heavy atom. The molecular formula is C17H26N4O2. The van der Waals surface area contributed by atoms with Crippen molar-refractivity contribution in [3.05, 3.63) is 18.1 Å². The Bertz CT molecular complexity index is 571. The average molecular weight is 318 g/mol. The van der Waals surface area contributed by atoms with Crippen LogP contribution in [0.25, 0.3) is 0 Å². The summed E-state index contributed by atoms with van der Waals surface area (Å²) in [6, 6.07) is 0.202. The van der Waals surface area contributed by atoms with Gasteiger partial charge in [0.1, 0.15) is 0 Å². The van der Waals surface area contributed by atoms with Crippen molar-refractivity contribution in [1.82, 2.24) is 14.9 Å². The van der Waals surface area contributed by atoms with Gasteiger partial charge in [0.15, 0.2) is 11.5 Å². The minimum atomic E-state index is -0.138. The van der Waals surface area contributed by atoms with Gasteiger partial charge in [-0.2, -0.15) is 0 Å². The lowest BCUT2D eigenvalue weighted by Crippen LogP contribution is -2.65. The van der Waals surface area contributed by atoms with E-state index in [-0.39, 0.29) is 35.0 Å². The highest BCUT2D eigenvalue weighted by Gasteiger charge is 2.58. The molecule has 126 valence electrons. The summed E-state index contributed by atoms with van der Waals surface area (Å²) in [6.45, 7) is 2.77. The summed E-state index contributed by atoms with van der Waals surface area (Å²) in [7, 11) is 1.86. The highest BCUT2D eigenvalue weighted by atomic mass is 16.5. The fourth-order valence-corrected chi connectivity index (χ4v) is 4.39. The summed E-state index contributed by atoms with van der Waals surface area (Å²) < 4.78 is 5.97. The zero-order chi connectivity index (χ0) is 16.4. The lowest BCUT2D eigenvalue weighted by molar-refractivity contribution is -0.170. The second kappa shape index (κ2) is 6.43. The molecule has 6 nitrogen and oxygen atoms in total.